The van der Waals surface area contributed by atoms with Gasteiger partial charge in [0, 0.05) is 66.1 Å². The van der Waals surface area contributed by atoms with Gasteiger partial charge in [0.2, 0.25) is 11.7 Å². The van der Waals surface area contributed by atoms with Crippen molar-refractivity contribution in [2.75, 3.05) is 26.5 Å². The lowest BCUT2D eigenvalue weighted by molar-refractivity contribution is -0.384. The zero-order valence-electron chi connectivity index (χ0n) is 62.1. The van der Waals surface area contributed by atoms with Gasteiger partial charge in [0.15, 0.2) is 0 Å². The van der Waals surface area contributed by atoms with Crippen molar-refractivity contribution in [3.8, 4) is 11.8 Å². The molecule has 0 spiro atoms. The van der Waals surface area contributed by atoms with Crippen LogP contribution in [-0.2, 0) is 50.2 Å². The lowest BCUT2D eigenvalue weighted by Crippen LogP contribution is -2.42. The smallest absolute Gasteiger partial charge is 0.343 e. The Bertz CT molecular complexity index is 4780. The first-order valence-corrected chi connectivity index (χ1v) is 34.9. The number of rotatable bonds is 21. The quantitative estimate of drug-likeness (QED) is 0.0147. The molecule has 0 saturated heterocycles. The number of hydrogen-bond acceptors (Lipinski definition) is 18. The summed E-state index contributed by atoms with van der Waals surface area (Å²) in [5, 5.41) is 46.4. The van der Waals surface area contributed by atoms with E-state index >= 15 is 0 Å². The Morgan fingerprint density at radius 2 is 1.34 bits per heavy atom. The number of nitro benzene ring substituents is 1. The maximum Gasteiger partial charge on any atom is 0.343 e. The van der Waals surface area contributed by atoms with Gasteiger partial charge in [-0.1, -0.05) is 171 Å². The van der Waals surface area contributed by atoms with Crippen LogP contribution in [0, 0.1) is 35.3 Å². The van der Waals surface area contributed by atoms with Gasteiger partial charge in [0.1, 0.15) is 34.7 Å². The van der Waals surface area contributed by atoms with Crippen LogP contribution in [0.3, 0.4) is 0 Å². The van der Waals surface area contributed by atoms with Gasteiger partial charge in [-0.25, -0.2) is 14.4 Å². The molecule has 5 unspecified atom stereocenters. The molecule has 11 rings (SSSR count). The first-order chi connectivity index (χ1) is 51.0. The number of non-ortho nitro benzene ring substituents is 1. The molecule has 2 aliphatic heterocycles. The minimum Gasteiger partial charge on any atom is -0.507 e. The summed E-state index contributed by atoms with van der Waals surface area (Å²) in [4.78, 5) is 110. The van der Waals surface area contributed by atoms with Crippen molar-refractivity contribution in [2.45, 2.75) is 136 Å². The van der Waals surface area contributed by atoms with Crippen LogP contribution in [0.5, 0.6) is 5.75 Å². The Morgan fingerprint density at radius 3 is 1.86 bits per heavy atom. The minimum absolute atomic E-state index is 0.0575. The number of carbonyl (C=O) groups is 7. The predicted octanol–water partition coefficient (Wildman–Crippen LogP) is 14.2. The van der Waals surface area contributed by atoms with Crippen molar-refractivity contribution in [1.29, 1.82) is 5.26 Å². The number of carbonyl (C=O) groups excluding carboxylic acids is 6. The molecule has 22 nitrogen and oxygen atoms in total. The third kappa shape index (κ3) is 20.2. The van der Waals surface area contributed by atoms with Crippen LogP contribution in [0.15, 0.2) is 232 Å². The fourth-order valence-electron chi connectivity index (χ4n) is 12.8. The van der Waals surface area contributed by atoms with Crippen molar-refractivity contribution < 1.29 is 62.6 Å². The van der Waals surface area contributed by atoms with Gasteiger partial charge in [-0.2, -0.15) is 5.26 Å². The van der Waals surface area contributed by atoms with Crippen LogP contribution in [0.2, 0.25) is 0 Å². The highest BCUT2D eigenvalue weighted by Gasteiger charge is 2.43. The first-order valence-electron chi connectivity index (χ1n) is 34.9. The second-order valence-corrected chi connectivity index (χ2v) is 26.5. The monoisotopic (exact) mass is 1450 g/mol. The number of methoxy groups -OCH3 is 1. The molecule has 4 heterocycles. The molecular formula is C85H91N7O15. The number of Topliss-reactive ketones (excluding diaryl/α,β-unsaturated/α-hetero) is 2. The van der Waals surface area contributed by atoms with Crippen LogP contribution in [-0.4, -0.2) is 105 Å². The summed E-state index contributed by atoms with van der Waals surface area (Å²) in [6.07, 6.45) is 1.56. The number of aliphatic carboxylic acids is 1. The van der Waals surface area contributed by atoms with Gasteiger partial charge in [-0.15, -0.1) is 0 Å². The lowest BCUT2D eigenvalue weighted by Gasteiger charge is -2.37. The number of aryl methyl sites for hydroxylation is 2. The van der Waals surface area contributed by atoms with Crippen molar-refractivity contribution in [3.63, 3.8) is 0 Å². The Morgan fingerprint density at radius 1 is 0.776 bits per heavy atom. The number of ether oxygens (including phenoxy) is 2. The van der Waals surface area contributed by atoms with Crippen LogP contribution < -0.4 is 22.0 Å². The molecule has 0 saturated carbocycles. The number of allylic oxidation sites excluding steroid dienone is 2. The average molecular weight is 1450 g/mol. The number of amides is 1. The number of fused-ring (bicyclic) bond motifs is 2. The zero-order valence-corrected chi connectivity index (χ0v) is 62.1. The molecule has 22 heteroatoms. The summed E-state index contributed by atoms with van der Waals surface area (Å²) in [7, 11) is 5.29. The summed E-state index contributed by atoms with van der Waals surface area (Å²) in [6, 6.07) is 62.1. The molecular weight excluding hydrogens is 1360 g/mol. The number of aromatic hydroxyl groups is 1. The third-order valence-electron chi connectivity index (χ3n) is 18.5. The van der Waals surface area contributed by atoms with E-state index in [1.807, 2.05) is 135 Å². The second-order valence-electron chi connectivity index (χ2n) is 26.5. The van der Waals surface area contributed by atoms with E-state index in [2.05, 4.69) is 60.8 Å². The largest absolute Gasteiger partial charge is 0.507 e. The van der Waals surface area contributed by atoms with E-state index in [-0.39, 0.29) is 63.5 Å². The molecule has 0 bridgehead atoms. The summed E-state index contributed by atoms with van der Waals surface area (Å²) in [5.74, 6) is -4.55. The number of ketones is 3. The number of carboxylic acids is 1. The molecule has 0 fully saturated rings. The van der Waals surface area contributed by atoms with Crippen molar-refractivity contribution in [2.24, 2.45) is 5.73 Å². The summed E-state index contributed by atoms with van der Waals surface area (Å²) in [6.45, 7) is 16.7. The normalized spacial score (nSPS) is 14.4. The molecule has 0 aliphatic carbocycles. The molecule has 2 aliphatic rings. The van der Waals surface area contributed by atoms with Gasteiger partial charge in [-0.05, 0) is 140 Å². The predicted molar refractivity (Wildman–Crippen MR) is 410 cm³/mol. The van der Waals surface area contributed by atoms with Crippen molar-refractivity contribution in [3.05, 3.63) is 299 Å². The number of para-hydroxylation sites is 2. The van der Waals surface area contributed by atoms with Crippen LogP contribution >= 0.6 is 0 Å². The highest BCUT2D eigenvalue weighted by molar-refractivity contribution is 6.08. The number of nitrogens with two attached hydrogens (primary N) is 1. The SMILES string of the molecule is CC(=O)CC(c1ccccc1)c1c(O)c2ccccc2oc1=O.CCC(=O)C(CC(C)N(C)C)(c1ccccc1)c1ccccc1.COC(=O)C1=C(C#N)NC(C)=C(C(=O)OC(C)C)C1c1cccc([N+](=O)[O-])c1.Cc1cccc(C)c1NC(=O)C(C)N.O=C(c1ccccc1)c1ccc2n1CCC2C(=O)O. The topological polar surface area (TPSA) is 334 Å². The highest BCUT2D eigenvalue weighted by atomic mass is 16.6. The van der Waals surface area contributed by atoms with Crippen LogP contribution in [0.4, 0.5) is 11.4 Å². The molecule has 107 heavy (non-hydrogen) atoms. The Hall–Kier alpha value is -12.2. The Kier molecular flexibility index (Phi) is 29.2. The number of hydrogen-bond donors (Lipinski definition) is 5. The van der Waals surface area contributed by atoms with E-state index in [1.54, 1.807) is 76.2 Å². The highest BCUT2D eigenvalue weighted by Crippen LogP contribution is 2.43. The number of nitrogens with one attached hydrogen (secondary N) is 2. The Balaban J connectivity index is 0.000000189. The number of carboxylic acid groups (broad SMARTS) is 1. The van der Waals surface area contributed by atoms with E-state index in [1.165, 1.54) is 31.2 Å². The second kappa shape index (κ2) is 38.0. The molecule has 7 aromatic carbocycles. The summed E-state index contributed by atoms with van der Waals surface area (Å²) >= 11 is 0. The molecule has 2 aromatic heterocycles. The minimum atomic E-state index is -1.06. The van der Waals surface area contributed by atoms with Gasteiger partial charge in [-0.3, -0.25) is 34.1 Å². The molecule has 6 N–H and O–H groups in total. The molecule has 5 atom stereocenters. The summed E-state index contributed by atoms with van der Waals surface area (Å²) < 4.78 is 17.2. The van der Waals surface area contributed by atoms with E-state index in [0.717, 1.165) is 52.7 Å². The third-order valence-corrected chi connectivity index (χ3v) is 18.5. The Labute approximate surface area is 622 Å². The van der Waals surface area contributed by atoms with Gasteiger partial charge >= 0.3 is 23.5 Å². The number of anilines is 1. The van der Waals surface area contributed by atoms with E-state index in [4.69, 9.17) is 24.7 Å². The maximum atomic E-state index is 13.2. The number of benzene rings is 7. The molecule has 1 amide bonds. The zero-order chi connectivity index (χ0) is 78.4. The standard InChI is InChI=1S/C21H27NO.C19H19N3O6.C19H16O4.C15H13NO3.C11H16N2O/c1-5-20(23)21(16-17(2)22(3)4,18-12-8-6-9-13-18)19-14-10-7-11-15-19;1-10(2)28-19(24)15-11(3)21-14(9-20)17(18(23)27-4)16(15)12-6-5-7-13(8-12)22(25)26;1-12(20)11-15(13-7-3-2-4-8-13)17-18(21)14-9-5-6-10-16(14)23-19(17)22;17-14(10-4-2-1-3-5-10)13-7-6-12-11(15(18)19)8-9-16(12)13;1-7-5-4-6-8(2)10(7)13-11(14)9(3)12/h6-15,17H,5,16H2,1-4H3;5-8,10,16,21H,1-4H3;2-10,15,21H,11H2,1H3;1-7,11H,8-9H2,(H,18,19);4-6,9H,12H2,1-3H3,(H,13,14). The fourth-order valence-corrected chi connectivity index (χ4v) is 12.8. The van der Waals surface area contributed by atoms with Gasteiger partial charge < -0.3 is 49.9 Å². The average Bonchev–Trinajstić information content (AvgIpc) is 1.62. The van der Waals surface area contributed by atoms with Crippen molar-refractivity contribution >= 4 is 63.5 Å². The van der Waals surface area contributed by atoms with Crippen LogP contribution in [0.1, 0.15) is 153 Å². The number of nitrogens with zero attached hydrogens (tertiary/aromatic N) is 4. The van der Waals surface area contributed by atoms with E-state index < -0.39 is 63.8 Å². The molecule has 556 valence electrons. The number of nitriles is 1. The maximum absolute atomic E-state index is 13.2. The number of esters is 2. The molecule has 0 radical (unpaired) electrons. The fraction of sp³-hybridized carbons (Fsp3) is 0.282. The molecule has 9 aromatic rings. The van der Waals surface area contributed by atoms with E-state index in [0.29, 0.717) is 58.9 Å². The number of dihydropyridines is 1. The number of nitro groups is 1. The van der Waals surface area contributed by atoms with Crippen molar-refractivity contribution in [1.82, 2.24) is 14.8 Å². The van der Waals surface area contributed by atoms with E-state index in [9.17, 15) is 58.8 Å². The van der Waals surface area contributed by atoms with Crippen LogP contribution in [0.25, 0.3) is 11.0 Å². The summed E-state index contributed by atoms with van der Waals surface area (Å²) in [5.41, 5.74) is 12.9. The van der Waals surface area contributed by atoms with Gasteiger partial charge in [0.25, 0.3) is 5.69 Å². The van der Waals surface area contributed by atoms with Gasteiger partial charge in [0.05, 0.1) is 69.2 Å². The lowest BCUT2D eigenvalue weighted by atomic mass is 9.67. The first kappa shape index (κ1) is 82.1. The number of aromatic nitrogens is 1.